The molecule has 0 radical (unpaired) electrons. The van der Waals surface area contributed by atoms with E-state index in [0.717, 1.165) is 44.9 Å². The molecule has 0 fully saturated rings. The molecule has 0 spiro atoms. The minimum Gasteiger partial charge on any atom is -0.469 e. The Balaban J connectivity index is 2.46. The van der Waals surface area contributed by atoms with Gasteiger partial charge in [-0.25, -0.2) is 0 Å². The molecule has 0 saturated heterocycles. The summed E-state index contributed by atoms with van der Waals surface area (Å²) in [5, 5.41) is 20.7. The van der Waals surface area contributed by atoms with E-state index in [0.29, 0.717) is 12.8 Å². The minimum atomic E-state index is -0.813. The van der Waals surface area contributed by atoms with Gasteiger partial charge in [0.1, 0.15) is 0 Å². The van der Waals surface area contributed by atoms with Gasteiger partial charge in [-0.15, -0.1) is 0 Å². The van der Waals surface area contributed by atoms with Gasteiger partial charge in [-0.05, 0) is 39.0 Å². The molecule has 148 valence electrons. The zero-order chi connectivity index (χ0) is 19.4. The van der Waals surface area contributed by atoms with Gasteiger partial charge in [0.25, 0.3) is 0 Å². The van der Waals surface area contributed by atoms with E-state index in [2.05, 4.69) is 29.9 Å². The fourth-order valence-corrected chi connectivity index (χ4v) is 3.20. The van der Waals surface area contributed by atoms with E-state index < -0.39 is 11.7 Å². The zero-order valence-corrected chi connectivity index (χ0v) is 16.6. The lowest BCUT2D eigenvalue weighted by Crippen LogP contribution is -2.22. The highest BCUT2D eigenvalue weighted by Gasteiger charge is 2.26. The molecule has 1 rings (SSSR count). The lowest BCUT2D eigenvalue weighted by atomic mass is 9.91. The summed E-state index contributed by atoms with van der Waals surface area (Å²) in [5.74, 6) is -0.191. The fourth-order valence-electron chi connectivity index (χ4n) is 3.20. The van der Waals surface area contributed by atoms with E-state index >= 15 is 0 Å². The first-order valence-electron chi connectivity index (χ1n) is 9.90. The van der Waals surface area contributed by atoms with Gasteiger partial charge in [-0.2, -0.15) is 0 Å². The number of allylic oxidation sites excluding steroid dienone is 2. The minimum absolute atomic E-state index is 0.0210. The number of hydrogen-bond donors (Lipinski definition) is 2. The summed E-state index contributed by atoms with van der Waals surface area (Å²) in [6.07, 6.45) is 17.3. The molecule has 0 heterocycles. The van der Waals surface area contributed by atoms with Gasteiger partial charge >= 0.3 is 5.97 Å². The number of carbonyl (C=O) groups is 1. The molecular weight excluding hydrogens is 328 g/mol. The second kappa shape index (κ2) is 12.1. The number of aliphatic hydroxyl groups excluding tert-OH is 1. The van der Waals surface area contributed by atoms with Crippen molar-refractivity contribution in [3.8, 4) is 0 Å². The highest BCUT2D eigenvalue weighted by molar-refractivity contribution is 5.69. The van der Waals surface area contributed by atoms with Crippen molar-refractivity contribution in [3.05, 3.63) is 36.0 Å². The van der Waals surface area contributed by atoms with Crippen molar-refractivity contribution in [1.29, 1.82) is 0 Å². The maximum Gasteiger partial charge on any atom is 0.305 e. The van der Waals surface area contributed by atoms with E-state index in [1.54, 1.807) is 0 Å². The largest absolute Gasteiger partial charge is 0.469 e. The highest BCUT2D eigenvalue weighted by Crippen LogP contribution is 2.31. The molecule has 0 aromatic carbocycles. The van der Waals surface area contributed by atoms with E-state index in [1.165, 1.54) is 12.7 Å². The SMILES string of the molecule is CCCCCC(C)(O)C=C[C@@H]1C(CC=CCCCC(=O)OC)=CC[C@H]1O. The highest BCUT2D eigenvalue weighted by atomic mass is 16.5. The Hall–Kier alpha value is -1.39. The number of esters is 1. The number of rotatable bonds is 12. The maximum atomic E-state index is 11.1. The average molecular weight is 365 g/mol. The summed E-state index contributed by atoms with van der Waals surface area (Å²) < 4.78 is 4.62. The fraction of sp³-hybridized carbons (Fsp3) is 0.682. The standard InChI is InChI=1S/C22H36O4/c1-4-5-10-16-22(2,25)17-15-19-18(13-14-20(19)23)11-8-6-7-9-12-21(24)26-3/h6,8,13,15,17,19-20,23,25H,4-5,7,9-12,14,16H2,1-3H3/t19-,20-,22?/m1/s1. The van der Waals surface area contributed by atoms with Gasteiger partial charge in [-0.3, -0.25) is 4.79 Å². The number of hydrogen-bond acceptors (Lipinski definition) is 4. The smallest absolute Gasteiger partial charge is 0.305 e. The van der Waals surface area contributed by atoms with E-state index in [4.69, 9.17) is 0 Å². The van der Waals surface area contributed by atoms with Crippen LogP contribution in [-0.2, 0) is 9.53 Å². The first kappa shape index (κ1) is 22.7. The topological polar surface area (TPSA) is 66.8 Å². The molecule has 1 aliphatic rings. The molecule has 3 atom stereocenters. The van der Waals surface area contributed by atoms with Crippen molar-refractivity contribution in [3.63, 3.8) is 0 Å². The molecule has 0 amide bonds. The molecule has 0 saturated carbocycles. The monoisotopic (exact) mass is 364 g/mol. The van der Waals surface area contributed by atoms with Crippen LogP contribution < -0.4 is 0 Å². The molecule has 0 aliphatic heterocycles. The number of carbonyl (C=O) groups excluding carboxylic acids is 1. The molecule has 0 bridgehead atoms. The van der Waals surface area contributed by atoms with Gasteiger partial charge in [0.15, 0.2) is 0 Å². The number of methoxy groups -OCH3 is 1. The van der Waals surface area contributed by atoms with Crippen LogP contribution in [0.2, 0.25) is 0 Å². The molecule has 2 N–H and O–H groups in total. The van der Waals surface area contributed by atoms with Crippen LogP contribution >= 0.6 is 0 Å². The Kier molecular flexibility index (Phi) is 10.5. The van der Waals surface area contributed by atoms with Crippen molar-refractivity contribution in [1.82, 2.24) is 0 Å². The van der Waals surface area contributed by atoms with Crippen LogP contribution in [0.25, 0.3) is 0 Å². The van der Waals surface area contributed by atoms with Crippen molar-refractivity contribution < 1.29 is 19.7 Å². The molecule has 4 nitrogen and oxygen atoms in total. The third-order valence-corrected chi connectivity index (χ3v) is 4.91. The van der Waals surface area contributed by atoms with Crippen molar-refractivity contribution in [2.24, 2.45) is 5.92 Å². The summed E-state index contributed by atoms with van der Waals surface area (Å²) in [6.45, 7) is 3.99. The molecule has 26 heavy (non-hydrogen) atoms. The van der Waals surface area contributed by atoms with Crippen molar-refractivity contribution >= 4 is 5.97 Å². The van der Waals surface area contributed by atoms with E-state index in [1.807, 2.05) is 19.1 Å². The Morgan fingerprint density at radius 3 is 2.81 bits per heavy atom. The van der Waals surface area contributed by atoms with E-state index in [-0.39, 0.29) is 11.9 Å². The van der Waals surface area contributed by atoms with Crippen molar-refractivity contribution in [2.75, 3.05) is 7.11 Å². The molecule has 1 unspecified atom stereocenters. The first-order chi connectivity index (χ1) is 12.4. The molecule has 0 aromatic rings. The Morgan fingerprint density at radius 2 is 2.12 bits per heavy atom. The van der Waals surface area contributed by atoms with Crippen LogP contribution in [-0.4, -0.2) is 35.0 Å². The van der Waals surface area contributed by atoms with Gasteiger partial charge in [0.2, 0.25) is 0 Å². The van der Waals surface area contributed by atoms with Crippen LogP contribution in [0.15, 0.2) is 36.0 Å². The van der Waals surface area contributed by atoms with Crippen LogP contribution in [0.5, 0.6) is 0 Å². The van der Waals surface area contributed by atoms with Crippen LogP contribution in [0, 0.1) is 5.92 Å². The summed E-state index contributed by atoms with van der Waals surface area (Å²) in [5.41, 5.74) is 0.383. The number of aliphatic hydroxyl groups is 2. The van der Waals surface area contributed by atoms with Crippen LogP contribution in [0.3, 0.4) is 0 Å². The Labute approximate surface area is 158 Å². The normalized spacial score (nSPS) is 22.7. The van der Waals surface area contributed by atoms with Gasteiger partial charge in [0.05, 0.1) is 18.8 Å². The lowest BCUT2D eigenvalue weighted by Gasteiger charge is -2.21. The molecule has 1 aliphatic carbocycles. The first-order valence-corrected chi connectivity index (χ1v) is 9.90. The zero-order valence-electron chi connectivity index (χ0n) is 16.6. The quantitative estimate of drug-likeness (QED) is 0.305. The predicted molar refractivity (Wildman–Crippen MR) is 106 cm³/mol. The second-order valence-corrected chi connectivity index (χ2v) is 7.43. The van der Waals surface area contributed by atoms with Crippen LogP contribution in [0.1, 0.15) is 71.6 Å². The summed E-state index contributed by atoms with van der Waals surface area (Å²) in [4.78, 5) is 11.1. The Morgan fingerprint density at radius 1 is 1.35 bits per heavy atom. The third kappa shape index (κ3) is 8.81. The van der Waals surface area contributed by atoms with Gasteiger partial charge in [0, 0.05) is 12.3 Å². The van der Waals surface area contributed by atoms with Crippen LogP contribution in [0.4, 0.5) is 0 Å². The molecule has 4 heteroatoms. The van der Waals surface area contributed by atoms with Gasteiger partial charge < -0.3 is 14.9 Å². The maximum absolute atomic E-state index is 11.1. The van der Waals surface area contributed by atoms with Gasteiger partial charge in [-0.1, -0.05) is 62.1 Å². The average Bonchev–Trinajstić information content (AvgIpc) is 2.96. The second-order valence-electron chi connectivity index (χ2n) is 7.43. The van der Waals surface area contributed by atoms with E-state index in [9.17, 15) is 15.0 Å². The molecular formula is C22H36O4. The number of unbranched alkanes of at least 4 members (excludes halogenated alkanes) is 3. The lowest BCUT2D eigenvalue weighted by molar-refractivity contribution is -0.140. The summed E-state index contributed by atoms with van der Waals surface area (Å²) in [6, 6.07) is 0. The third-order valence-electron chi connectivity index (χ3n) is 4.91. The summed E-state index contributed by atoms with van der Waals surface area (Å²) >= 11 is 0. The summed E-state index contributed by atoms with van der Waals surface area (Å²) in [7, 11) is 1.41. The predicted octanol–water partition coefficient (Wildman–Crippen LogP) is 4.47. The Bertz CT molecular complexity index is 502. The molecule has 0 aromatic heterocycles. The van der Waals surface area contributed by atoms with Crippen molar-refractivity contribution in [2.45, 2.75) is 83.3 Å². The number of ether oxygens (including phenoxy) is 1.